The highest BCUT2D eigenvalue weighted by Gasteiger charge is 2.30. The Morgan fingerprint density at radius 1 is 1.05 bits per heavy atom. The van der Waals surface area contributed by atoms with E-state index < -0.39 is 11.7 Å². The maximum atomic E-state index is 12.3. The van der Waals surface area contributed by atoms with Crippen LogP contribution < -0.4 is 5.32 Å². The van der Waals surface area contributed by atoms with E-state index in [0.717, 1.165) is 24.2 Å². The summed E-state index contributed by atoms with van der Waals surface area (Å²) in [6.07, 6.45) is 0.639. The minimum absolute atomic E-state index is 0.432. The lowest BCUT2D eigenvalue weighted by Gasteiger charge is -2.08. The van der Waals surface area contributed by atoms with E-state index in [9.17, 15) is 13.2 Å². The molecule has 0 radical (unpaired) electrons. The van der Waals surface area contributed by atoms with Crippen LogP contribution in [0, 0.1) is 0 Å². The van der Waals surface area contributed by atoms with Crippen molar-refractivity contribution in [3.05, 3.63) is 54.0 Å². The highest BCUT2D eigenvalue weighted by molar-refractivity contribution is 5.36. The van der Waals surface area contributed by atoms with Crippen molar-refractivity contribution in [2.24, 2.45) is 0 Å². The number of aromatic nitrogens is 2. The third kappa shape index (κ3) is 3.94. The van der Waals surface area contributed by atoms with Crippen LogP contribution in [0.4, 0.5) is 19.0 Å². The number of rotatable bonds is 4. The second-order valence-corrected chi connectivity index (χ2v) is 3.96. The highest BCUT2D eigenvalue weighted by Crippen LogP contribution is 2.28. The first-order valence-electron chi connectivity index (χ1n) is 5.72. The molecule has 0 aliphatic carbocycles. The lowest BCUT2D eigenvalue weighted by molar-refractivity contribution is -0.137. The van der Waals surface area contributed by atoms with Crippen molar-refractivity contribution in [3.8, 4) is 0 Å². The number of alkyl halides is 3. The number of nitrogens with zero attached hydrogens (tertiary/aromatic N) is 2. The number of halogens is 3. The zero-order valence-electron chi connectivity index (χ0n) is 9.98. The van der Waals surface area contributed by atoms with E-state index in [-0.39, 0.29) is 0 Å². The van der Waals surface area contributed by atoms with Crippen molar-refractivity contribution in [3.63, 3.8) is 0 Å². The molecule has 0 aromatic carbocycles. The van der Waals surface area contributed by atoms with Crippen LogP contribution in [-0.4, -0.2) is 16.5 Å². The zero-order valence-corrected chi connectivity index (χ0v) is 9.98. The first-order chi connectivity index (χ1) is 9.05. The number of hydrogen-bond donors (Lipinski definition) is 1. The van der Waals surface area contributed by atoms with Gasteiger partial charge < -0.3 is 5.32 Å². The minimum atomic E-state index is -4.34. The van der Waals surface area contributed by atoms with E-state index >= 15 is 0 Å². The molecule has 0 spiro atoms. The molecule has 2 rings (SSSR count). The van der Waals surface area contributed by atoms with Crippen molar-refractivity contribution in [1.29, 1.82) is 0 Å². The van der Waals surface area contributed by atoms with E-state index in [1.54, 1.807) is 12.4 Å². The van der Waals surface area contributed by atoms with Gasteiger partial charge in [-0.15, -0.1) is 0 Å². The van der Waals surface area contributed by atoms with Gasteiger partial charge in [0.15, 0.2) is 0 Å². The van der Waals surface area contributed by atoms with Crippen LogP contribution in [0.5, 0.6) is 0 Å². The van der Waals surface area contributed by atoms with Gasteiger partial charge in [0.2, 0.25) is 0 Å². The fourth-order valence-corrected chi connectivity index (χ4v) is 1.55. The monoisotopic (exact) mass is 267 g/mol. The van der Waals surface area contributed by atoms with Crippen LogP contribution in [-0.2, 0) is 12.6 Å². The fraction of sp³-hybridized carbons (Fsp3) is 0.231. The van der Waals surface area contributed by atoms with Gasteiger partial charge in [-0.1, -0.05) is 0 Å². The van der Waals surface area contributed by atoms with Gasteiger partial charge in [0.05, 0.1) is 5.56 Å². The Labute approximate surface area is 108 Å². The quantitative estimate of drug-likeness (QED) is 0.924. The largest absolute Gasteiger partial charge is 0.417 e. The number of hydrogen-bond acceptors (Lipinski definition) is 3. The van der Waals surface area contributed by atoms with Crippen LogP contribution in [0.2, 0.25) is 0 Å². The van der Waals surface area contributed by atoms with E-state index in [4.69, 9.17) is 0 Å². The minimum Gasteiger partial charge on any atom is -0.370 e. The van der Waals surface area contributed by atoms with Crippen LogP contribution in [0.3, 0.4) is 0 Å². The summed E-state index contributed by atoms with van der Waals surface area (Å²) in [6, 6.07) is 6.13. The smallest absolute Gasteiger partial charge is 0.370 e. The van der Waals surface area contributed by atoms with Crippen LogP contribution in [0.15, 0.2) is 42.9 Å². The van der Waals surface area contributed by atoms with Gasteiger partial charge in [-0.2, -0.15) is 13.2 Å². The van der Waals surface area contributed by atoms with Gasteiger partial charge in [-0.3, -0.25) is 4.98 Å². The van der Waals surface area contributed by atoms with Crippen LogP contribution in [0.1, 0.15) is 11.1 Å². The predicted molar refractivity (Wildman–Crippen MR) is 65.7 cm³/mol. The molecule has 0 amide bonds. The molecule has 0 aliphatic rings. The molecule has 0 unspecified atom stereocenters. The predicted octanol–water partition coefficient (Wildman–Crippen LogP) is 3.15. The summed E-state index contributed by atoms with van der Waals surface area (Å²) in [5.74, 6) is 0.432. The topological polar surface area (TPSA) is 37.8 Å². The Balaban J connectivity index is 1.87. The lowest BCUT2D eigenvalue weighted by Crippen LogP contribution is -2.09. The molecule has 2 aromatic rings. The average Bonchev–Trinajstić information content (AvgIpc) is 2.39. The molecule has 0 fully saturated rings. The van der Waals surface area contributed by atoms with Gasteiger partial charge in [-0.05, 0) is 36.2 Å². The Hall–Kier alpha value is -2.11. The average molecular weight is 267 g/mol. The molecule has 0 bridgehead atoms. The molecule has 0 saturated carbocycles. The van der Waals surface area contributed by atoms with Crippen molar-refractivity contribution in [2.45, 2.75) is 12.6 Å². The van der Waals surface area contributed by atoms with Crippen molar-refractivity contribution < 1.29 is 13.2 Å². The standard InChI is InChI=1S/C13H12F3N3/c14-13(15,16)11-1-2-12(19-9-11)18-8-5-10-3-6-17-7-4-10/h1-4,6-7,9H,5,8H2,(H,18,19). The van der Waals surface area contributed by atoms with Gasteiger partial charge >= 0.3 is 6.18 Å². The summed E-state index contributed by atoms with van der Waals surface area (Å²) >= 11 is 0. The molecule has 2 heterocycles. The summed E-state index contributed by atoms with van der Waals surface area (Å²) in [5.41, 5.74) is 0.363. The first kappa shape index (κ1) is 13.3. The molecule has 1 N–H and O–H groups in total. The number of pyridine rings is 2. The third-order valence-electron chi connectivity index (χ3n) is 2.56. The lowest BCUT2D eigenvalue weighted by atomic mass is 10.2. The van der Waals surface area contributed by atoms with Crippen molar-refractivity contribution in [1.82, 2.24) is 9.97 Å². The molecule has 3 nitrogen and oxygen atoms in total. The number of nitrogens with one attached hydrogen (secondary N) is 1. The Morgan fingerprint density at radius 3 is 2.37 bits per heavy atom. The second kappa shape index (κ2) is 5.69. The summed E-state index contributed by atoms with van der Waals surface area (Å²) in [4.78, 5) is 7.64. The molecule has 0 aliphatic heterocycles. The van der Waals surface area contributed by atoms with Crippen molar-refractivity contribution in [2.75, 3.05) is 11.9 Å². The first-order valence-corrected chi connectivity index (χ1v) is 5.72. The van der Waals surface area contributed by atoms with Crippen molar-refractivity contribution >= 4 is 5.82 Å². The highest BCUT2D eigenvalue weighted by atomic mass is 19.4. The van der Waals surface area contributed by atoms with Gasteiger partial charge in [-0.25, -0.2) is 4.98 Å². The molecule has 6 heteroatoms. The molecular formula is C13H12F3N3. The van der Waals surface area contributed by atoms with Gasteiger partial charge in [0, 0.05) is 25.1 Å². The summed E-state index contributed by atoms with van der Waals surface area (Å²) in [6.45, 7) is 0.600. The molecule has 0 saturated heterocycles. The zero-order chi connectivity index (χ0) is 13.7. The van der Waals surface area contributed by atoms with Crippen LogP contribution in [0.25, 0.3) is 0 Å². The van der Waals surface area contributed by atoms with E-state index in [1.807, 2.05) is 12.1 Å². The summed E-state index contributed by atoms with van der Waals surface area (Å²) < 4.78 is 37.0. The Morgan fingerprint density at radius 2 is 1.79 bits per heavy atom. The van der Waals surface area contributed by atoms with E-state index in [0.29, 0.717) is 12.4 Å². The molecule has 19 heavy (non-hydrogen) atoms. The fourth-order valence-electron chi connectivity index (χ4n) is 1.55. The summed E-state index contributed by atoms with van der Waals surface area (Å²) in [7, 11) is 0. The van der Waals surface area contributed by atoms with E-state index in [2.05, 4.69) is 15.3 Å². The normalized spacial score (nSPS) is 11.3. The molecule has 100 valence electrons. The number of anilines is 1. The van der Waals surface area contributed by atoms with E-state index in [1.165, 1.54) is 6.07 Å². The maximum absolute atomic E-state index is 12.3. The maximum Gasteiger partial charge on any atom is 0.417 e. The SMILES string of the molecule is FC(F)(F)c1ccc(NCCc2ccncc2)nc1. The molecular weight excluding hydrogens is 255 g/mol. The van der Waals surface area contributed by atoms with Gasteiger partial charge in [0.25, 0.3) is 0 Å². The molecule has 0 atom stereocenters. The second-order valence-electron chi connectivity index (χ2n) is 3.96. The third-order valence-corrected chi connectivity index (χ3v) is 2.56. The van der Waals surface area contributed by atoms with Crippen LogP contribution >= 0.6 is 0 Å². The Bertz CT molecular complexity index is 509. The molecule has 2 aromatic heterocycles. The van der Waals surface area contributed by atoms with Gasteiger partial charge in [0.1, 0.15) is 5.82 Å². The summed E-state index contributed by atoms with van der Waals surface area (Å²) in [5, 5.41) is 2.97. The Kier molecular flexibility index (Phi) is 3.99.